The van der Waals surface area contributed by atoms with Crippen LogP contribution in [-0.2, 0) is 13.7 Å². The zero-order valence-corrected chi connectivity index (χ0v) is 10.3. The Bertz CT molecular complexity index is 598. The Labute approximate surface area is 104 Å². The number of carbonyl (C=O) groups excluding carboxylic acids is 2. The van der Waals surface area contributed by atoms with Crippen LogP contribution in [-0.4, -0.2) is 38.7 Å². The molecule has 1 aliphatic heterocycles. The molecule has 5 heteroatoms. The number of hydrogen-bond donors (Lipinski definition) is 1. The zero-order valence-electron chi connectivity index (χ0n) is 10.3. The number of aryl methyl sites for hydroxylation is 1. The molecule has 3 rings (SSSR count). The molecular weight excluding hydrogens is 232 g/mol. The van der Waals surface area contributed by atoms with Gasteiger partial charge in [0.1, 0.15) is 5.69 Å². The third-order valence-corrected chi connectivity index (χ3v) is 3.56. The summed E-state index contributed by atoms with van der Waals surface area (Å²) in [5.41, 5.74) is 1.72. The number of carbonyl (C=O) groups is 2. The molecule has 1 N–H and O–H groups in total. The van der Waals surface area contributed by atoms with Gasteiger partial charge in [0.05, 0.1) is 17.9 Å². The molecule has 1 aromatic rings. The monoisotopic (exact) mass is 246 g/mol. The van der Waals surface area contributed by atoms with Gasteiger partial charge in [0.25, 0.3) is 0 Å². The summed E-state index contributed by atoms with van der Waals surface area (Å²) in [6.07, 6.45) is 3.05. The first-order chi connectivity index (χ1) is 8.54. The number of aliphatic hydroxyl groups excluding tert-OH is 1. The van der Waals surface area contributed by atoms with Gasteiger partial charge in [-0.15, -0.1) is 0 Å². The topological polar surface area (TPSA) is 62.3 Å². The van der Waals surface area contributed by atoms with Crippen molar-refractivity contribution < 1.29 is 14.7 Å². The third kappa shape index (κ3) is 1.37. The molecule has 0 aromatic carbocycles. The first-order valence-corrected chi connectivity index (χ1v) is 5.91. The van der Waals surface area contributed by atoms with Gasteiger partial charge in [-0.3, -0.25) is 9.59 Å². The van der Waals surface area contributed by atoms with E-state index in [0.717, 1.165) is 6.54 Å². The van der Waals surface area contributed by atoms with Gasteiger partial charge in [-0.1, -0.05) is 0 Å². The Kier molecular flexibility index (Phi) is 2.22. The minimum Gasteiger partial charge on any atom is -0.392 e. The lowest BCUT2D eigenvalue weighted by Crippen LogP contribution is -2.23. The molecule has 0 saturated carbocycles. The van der Waals surface area contributed by atoms with Crippen LogP contribution < -0.4 is 0 Å². The van der Waals surface area contributed by atoms with Crippen LogP contribution in [0.5, 0.6) is 0 Å². The van der Waals surface area contributed by atoms with E-state index >= 15 is 0 Å². The fourth-order valence-electron chi connectivity index (χ4n) is 2.53. The van der Waals surface area contributed by atoms with Crippen LogP contribution in [0.3, 0.4) is 0 Å². The van der Waals surface area contributed by atoms with E-state index in [1.807, 2.05) is 11.8 Å². The Morgan fingerprint density at radius 1 is 1.44 bits per heavy atom. The van der Waals surface area contributed by atoms with Crippen molar-refractivity contribution >= 4 is 11.6 Å². The number of aromatic nitrogens is 1. The van der Waals surface area contributed by atoms with E-state index < -0.39 is 0 Å². The molecular formula is C13H14N2O3. The summed E-state index contributed by atoms with van der Waals surface area (Å²) in [7, 11) is 1.71. The van der Waals surface area contributed by atoms with Crippen molar-refractivity contribution in [3.8, 4) is 0 Å². The number of ketones is 2. The van der Waals surface area contributed by atoms with E-state index in [9.17, 15) is 14.7 Å². The van der Waals surface area contributed by atoms with Crippen molar-refractivity contribution in [1.29, 1.82) is 0 Å². The van der Waals surface area contributed by atoms with Gasteiger partial charge in [-0.05, 0) is 6.92 Å². The molecule has 1 saturated heterocycles. The highest BCUT2D eigenvalue weighted by atomic mass is 16.3. The molecule has 1 unspecified atom stereocenters. The minimum atomic E-state index is -0.231. The number of Topliss-reactive ketones (excluding diaryl/α,β-unsaturated/α-hetero) is 1. The van der Waals surface area contributed by atoms with Gasteiger partial charge in [0, 0.05) is 37.5 Å². The Balaban J connectivity index is 2.13. The second-order valence-corrected chi connectivity index (χ2v) is 4.87. The smallest absolute Gasteiger partial charge is 0.211 e. The van der Waals surface area contributed by atoms with Crippen LogP contribution in [0, 0.1) is 0 Å². The van der Waals surface area contributed by atoms with Crippen molar-refractivity contribution in [3.63, 3.8) is 0 Å². The SMILES string of the molecule is CC1CN1C1=CC(=O)c2c(c(CO)cn2C)C1=O. The molecule has 0 radical (unpaired) electrons. The lowest BCUT2D eigenvalue weighted by Gasteiger charge is -2.15. The highest BCUT2D eigenvalue weighted by Crippen LogP contribution is 2.32. The maximum Gasteiger partial charge on any atom is 0.211 e. The molecule has 1 fully saturated rings. The van der Waals surface area contributed by atoms with Crippen LogP contribution in [0.2, 0.25) is 0 Å². The van der Waals surface area contributed by atoms with Gasteiger partial charge in [-0.25, -0.2) is 0 Å². The number of nitrogens with zero attached hydrogens (tertiary/aromatic N) is 2. The van der Waals surface area contributed by atoms with Gasteiger partial charge in [-0.2, -0.15) is 0 Å². The van der Waals surface area contributed by atoms with E-state index in [0.29, 0.717) is 28.6 Å². The highest BCUT2D eigenvalue weighted by molar-refractivity contribution is 6.24. The van der Waals surface area contributed by atoms with Crippen LogP contribution in [0.25, 0.3) is 0 Å². The van der Waals surface area contributed by atoms with E-state index in [4.69, 9.17) is 0 Å². The summed E-state index contributed by atoms with van der Waals surface area (Å²) in [5, 5.41) is 9.29. The molecule has 94 valence electrons. The average molecular weight is 246 g/mol. The second kappa shape index (κ2) is 3.55. The fourth-order valence-corrected chi connectivity index (χ4v) is 2.53. The first kappa shape index (κ1) is 11.2. The molecule has 1 aliphatic carbocycles. The Hall–Kier alpha value is -1.88. The quantitative estimate of drug-likeness (QED) is 0.771. The first-order valence-electron chi connectivity index (χ1n) is 5.91. The third-order valence-electron chi connectivity index (χ3n) is 3.56. The van der Waals surface area contributed by atoms with Crippen molar-refractivity contribution in [3.05, 3.63) is 34.8 Å². The molecule has 2 aliphatic rings. The minimum absolute atomic E-state index is 0.154. The zero-order chi connectivity index (χ0) is 13.0. The van der Waals surface area contributed by atoms with E-state index in [1.54, 1.807) is 17.8 Å². The molecule has 5 nitrogen and oxygen atoms in total. The summed E-state index contributed by atoms with van der Waals surface area (Å²) < 4.78 is 1.61. The molecule has 0 spiro atoms. The molecule has 0 bridgehead atoms. The average Bonchev–Trinajstić information content (AvgIpc) is 2.94. The predicted molar refractivity (Wildman–Crippen MR) is 64.2 cm³/mol. The summed E-state index contributed by atoms with van der Waals surface area (Å²) in [6.45, 7) is 2.58. The summed E-state index contributed by atoms with van der Waals surface area (Å²) in [6, 6.07) is 0.316. The van der Waals surface area contributed by atoms with Crippen LogP contribution in [0.1, 0.15) is 33.3 Å². The highest BCUT2D eigenvalue weighted by Gasteiger charge is 2.40. The van der Waals surface area contributed by atoms with E-state index in [1.165, 1.54) is 6.08 Å². The largest absolute Gasteiger partial charge is 0.392 e. The van der Waals surface area contributed by atoms with Crippen LogP contribution >= 0.6 is 0 Å². The number of allylic oxidation sites excluding steroid dienone is 2. The molecule has 0 amide bonds. The molecule has 1 aromatic heterocycles. The van der Waals surface area contributed by atoms with Gasteiger partial charge >= 0.3 is 0 Å². The molecule has 18 heavy (non-hydrogen) atoms. The van der Waals surface area contributed by atoms with Gasteiger partial charge in [0.2, 0.25) is 11.6 Å². The predicted octanol–water partition coefficient (Wildman–Crippen LogP) is 0.484. The number of fused-ring (bicyclic) bond motifs is 1. The lowest BCUT2D eigenvalue weighted by atomic mass is 9.96. The maximum absolute atomic E-state index is 12.4. The number of hydrogen-bond acceptors (Lipinski definition) is 4. The fraction of sp³-hybridized carbons (Fsp3) is 0.385. The number of rotatable bonds is 2. The Morgan fingerprint density at radius 2 is 2.11 bits per heavy atom. The number of aliphatic hydroxyl groups is 1. The van der Waals surface area contributed by atoms with Crippen molar-refractivity contribution in [2.24, 2.45) is 7.05 Å². The maximum atomic E-state index is 12.4. The molecule has 2 heterocycles. The van der Waals surface area contributed by atoms with E-state index in [2.05, 4.69) is 0 Å². The van der Waals surface area contributed by atoms with Gasteiger partial charge < -0.3 is 14.6 Å². The summed E-state index contributed by atoms with van der Waals surface area (Å²) in [4.78, 5) is 26.4. The van der Waals surface area contributed by atoms with Crippen molar-refractivity contribution in [1.82, 2.24) is 9.47 Å². The lowest BCUT2D eigenvalue weighted by molar-refractivity contribution is 0.0963. The van der Waals surface area contributed by atoms with Crippen LogP contribution in [0.15, 0.2) is 18.0 Å². The second-order valence-electron chi connectivity index (χ2n) is 4.87. The summed E-state index contributed by atoms with van der Waals surface area (Å²) in [5.74, 6) is -0.320. The normalized spacial score (nSPS) is 22.1. The standard InChI is InChI=1S/C13H14N2O3/c1-7-4-15(7)9-3-10(17)12-11(13(9)18)8(6-16)5-14(12)2/h3,5,7,16H,4,6H2,1-2H3. The summed E-state index contributed by atoms with van der Waals surface area (Å²) >= 11 is 0. The Morgan fingerprint density at radius 3 is 2.67 bits per heavy atom. The van der Waals surface area contributed by atoms with Crippen molar-refractivity contribution in [2.45, 2.75) is 19.6 Å². The van der Waals surface area contributed by atoms with E-state index in [-0.39, 0.29) is 18.2 Å². The van der Waals surface area contributed by atoms with Gasteiger partial charge in [0.15, 0.2) is 0 Å². The molecule has 1 atom stereocenters. The van der Waals surface area contributed by atoms with Crippen molar-refractivity contribution in [2.75, 3.05) is 6.54 Å². The van der Waals surface area contributed by atoms with Crippen LogP contribution in [0.4, 0.5) is 0 Å².